The first-order chi connectivity index (χ1) is 7.96. The molecule has 0 bridgehead atoms. The zero-order valence-corrected chi connectivity index (χ0v) is 11.8. The summed E-state index contributed by atoms with van der Waals surface area (Å²) in [6.45, 7) is 9.77. The smallest absolute Gasteiger partial charge is 0.230 e. The van der Waals surface area contributed by atoms with Crippen LogP contribution in [0.5, 0.6) is 0 Å². The number of amides is 1. The molecule has 1 amide bonds. The standard InChI is InChI=1S/C14H28N2O/c1-5-16(11(2)3)13(17)14(10-15)8-6-12(4)7-9-14/h11-12H,5-10,15H2,1-4H3. The first kappa shape index (κ1) is 14.5. The van der Waals surface area contributed by atoms with E-state index in [-0.39, 0.29) is 17.4 Å². The predicted molar refractivity (Wildman–Crippen MR) is 71.6 cm³/mol. The van der Waals surface area contributed by atoms with Crippen LogP contribution in [0.25, 0.3) is 0 Å². The predicted octanol–water partition coefficient (Wildman–Crippen LogP) is 2.40. The number of nitrogens with zero attached hydrogens (tertiary/aromatic N) is 1. The summed E-state index contributed by atoms with van der Waals surface area (Å²) < 4.78 is 0. The number of carbonyl (C=O) groups excluding carboxylic acids is 1. The molecule has 0 unspecified atom stereocenters. The van der Waals surface area contributed by atoms with Crippen molar-refractivity contribution in [2.45, 2.75) is 59.4 Å². The molecular formula is C14H28N2O. The first-order valence-corrected chi connectivity index (χ1v) is 6.98. The lowest BCUT2D eigenvalue weighted by atomic mass is 9.70. The van der Waals surface area contributed by atoms with Gasteiger partial charge in [-0.1, -0.05) is 6.92 Å². The van der Waals surface area contributed by atoms with Gasteiger partial charge in [0.1, 0.15) is 0 Å². The third-order valence-electron chi connectivity index (χ3n) is 4.30. The summed E-state index contributed by atoms with van der Waals surface area (Å²) in [7, 11) is 0. The van der Waals surface area contributed by atoms with Crippen molar-refractivity contribution in [2.75, 3.05) is 13.1 Å². The molecule has 0 aromatic carbocycles. The molecule has 0 saturated heterocycles. The van der Waals surface area contributed by atoms with Crippen molar-refractivity contribution in [3.63, 3.8) is 0 Å². The number of hydrogen-bond acceptors (Lipinski definition) is 2. The third-order valence-corrected chi connectivity index (χ3v) is 4.30. The van der Waals surface area contributed by atoms with E-state index in [0.29, 0.717) is 6.54 Å². The Morgan fingerprint density at radius 2 is 1.94 bits per heavy atom. The fourth-order valence-electron chi connectivity index (χ4n) is 2.87. The van der Waals surface area contributed by atoms with Gasteiger partial charge in [-0.3, -0.25) is 4.79 Å². The van der Waals surface area contributed by atoms with Crippen LogP contribution in [-0.2, 0) is 4.79 Å². The van der Waals surface area contributed by atoms with Crippen molar-refractivity contribution in [1.29, 1.82) is 0 Å². The van der Waals surface area contributed by atoms with E-state index in [1.54, 1.807) is 0 Å². The topological polar surface area (TPSA) is 46.3 Å². The van der Waals surface area contributed by atoms with E-state index < -0.39 is 0 Å². The summed E-state index contributed by atoms with van der Waals surface area (Å²) in [4.78, 5) is 14.7. The van der Waals surface area contributed by atoms with Crippen molar-refractivity contribution in [3.8, 4) is 0 Å². The summed E-state index contributed by atoms with van der Waals surface area (Å²) in [5.74, 6) is 1.03. The maximum absolute atomic E-state index is 12.7. The minimum Gasteiger partial charge on any atom is -0.340 e. The van der Waals surface area contributed by atoms with Crippen LogP contribution in [0.2, 0.25) is 0 Å². The highest BCUT2D eigenvalue weighted by molar-refractivity contribution is 5.83. The van der Waals surface area contributed by atoms with Crippen molar-refractivity contribution >= 4 is 5.91 Å². The van der Waals surface area contributed by atoms with Crippen LogP contribution in [0, 0.1) is 11.3 Å². The van der Waals surface area contributed by atoms with Gasteiger partial charge in [0.15, 0.2) is 0 Å². The number of nitrogens with two attached hydrogens (primary N) is 1. The molecule has 0 aromatic heterocycles. The summed E-state index contributed by atoms with van der Waals surface area (Å²) in [6.07, 6.45) is 4.20. The molecule has 3 nitrogen and oxygen atoms in total. The molecule has 1 aliphatic rings. The SMILES string of the molecule is CCN(C(=O)C1(CN)CCC(C)CC1)C(C)C. The van der Waals surface area contributed by atoms with Crippen molar-refractivity contribution in [3.05, 3.63) is 0 Å². The first-order valence-electron chi connectivity index (χ1n) is 6.98. The molecule has 2 N–H and O–H groups in total. The van der Waals surface area contributed by atoms with Gasteiger partial charge in [-0.15, -0.1) is 0 Å². The summed E-state index contributed by atoms with van der Waals surface area (Å²) in [5.41, 5.74) is 5.66. The molecule has 100 valence electrons. The van der Waals surface area contributed by atoms with Gasteiger partial charge in [-0.25, -0.2) is 0 Å². The molecule has 0 spiro atoms. The van der Waals surface area contributed by atoms with Crippen molar-refractivity contribution in [1.82, 2.24) is 4.90 Å². The molecule has 17 heavy (non-hydrogen) atoms. The summed E-state index contributed by atoms with van der Waals surface area (Å²) >= 11 is 0. The largest absolute Gasteiger partial charge is 0.340 e. The highest BCUT2D eigenvalue weighted by atomic mass is 16.2. The van der Waals surface area contributed by atoms with E-state index >= 15 is 0 Å². The van der Waals surface area contributed by atoms with Crippen LogP contribution >= 0.6 is 0 Å². The van der Waals surface area contributed by atoms with Gasteiger partial charge >= 0.3 is 0 Å². The zero-order chi connectivity index (χ0) is 13.1. The maximum Gasteiger partial charge on any atom is 0.230 e. The van der Waals surface area contributed by atoms with Gasteiger partial charge in [-0.2, -0.15) is 0 Å². The Bertz CT molecular complexity index is 255. The molecule has 0 atom stereocenters. The molecule has 1 saturated carbocycles. The minimum absolute atomic E-state index is 0.271. The molecule has 0 aliphatic heterocycles. The molecule has 0 radical (unpaired) electrons. The number of hydrogen-bond donors (Lipinski definition) is 1. The second-order valence-corrected chi connectivity index (χ2v) is 5.85. The van der Waals surface area contributed by atoms with E-state index in [9.17, 15) is 4.79 Å². The lowest BCUT2D eigenvalue weighted by Gasteiger charge is -2.41. The van der Waals surface area contributed by atoms with Crippen molar-refractivity contribution < 1.29 is 4.79 Å². The van der Waals surface area contributed by atoms with Gasteiger partial charge < -0.3 is 10.6 Å². The van der Waals surface area contributed by atoms with Gasteiger partial charge in [0.25, 0.3) is 0 Å². The van der Waals surface area contributed by atoms with E-state index in [1.807, 2.05) is 11.8 Å². The fourth-order valence-corrected chi connectivity index (χ4v) is 2.87. The van der Waals surface area contributed by atoms with Crippen molar-refractivity contribution in [2.24, 2.45) is 17.1 Å². The van der Waals surface area contributed by atoms with E-state index in [1.165, 1.54) is 0 Å². The van der Waals surface area contributed by atoms with Gasteiger partial charge in [0.2, 0.25) is 5.91 Å². The fraction of sp³-hybridized carbons (Fsp3) is 0.929. The highest BCUT2D eigenvalue weighted by Crippen LogP contribution is 2.39. The number of rotatable bonds is 4. The average Bonchev–Trinajstić information content (AvgIpc) is 2.31. The molecule has 1 fully saturated rings. The zero-order valence-electron chi connectivity index (χ0n) is 11.8. The Kier molecular flexibility index (Phi) is 4.99. The summed E-state index contributed by atoms with van der Waals surface area (Å²) in [5, 5.41) is 0. The molecule has 1 rings (SSSR count). The Morgan fingerprint density at radius 3 is 2.29 bits per heavy atom. The molecule has 3 heteroatoms. The Morgan fingerprint density at radius 1 is 1.41 bits per heavy atom. The highest BCUT2D eigenvalue weighted by Gasteiger charge is 2.42. The summed E-state index contributed by atoms with van der Waals surface area (Å²) in [6, 6.07) is 0.273. The van der Waals surface area contributed by atoms with Crippen LogP contribution in [0.3, 0.4) is 0 Å². The Hall–Kier alpha value is -0.570. The van der Waals surface area contributed by atoms with Gasteiger partial charge in [-0.05, 0) is 52.4 Å². The lowest BCUT2D eigenvalue weighted by Crippen LogP contribution is -2.51. The van der Waals surface area contributed by atoms with Crippen LogP contribution in [0.1, 0.15) is 53.4 Å². The average molecular weight is 240 g/mol. The van der Waals surface area contributed by atoms with Gasteiger partial charge in [0.05, 0.1) is 5.41 Å². The molecule has 0 heterocycles. The molecule has 0 aromatic rings. The lowest BCUT2D eigenvalue weighted by molar-refractivity contribution is -0.145. The Balaban J connectivity index is 2.82. The van der Waals surface area contributed by atoms with Gasteiger partial charge in [0, 0.05) is 19.1 Å². The van der Waals surface area contributed by atoms with Crippen LogP contribution in [0.4, 0.5) is 0 Å². The number of carbonyl (C=O) groups is 1. The second-order valence-electron chi connectivity index (χ2n) is 5.85. The van der Waals surface area contributed by atoms with Crippen LogP contribution < -0.4 is 5.73 Å². The van der Waals surface area contributed by atoms with Crippen LogP contribution in [0.15, 0.2) is 0 Å². The normalized spacial score (nSPS) is 29.4. The minimum atomic E-state index is -0.271. The van der Waals surface area contributed by atoms with Crippen LogP contribution in [-0.4, -0.2) is 29.9 Å². The molecular weight excluding hydrogens is 212 g/mol. The maximum atomic E-state index is 12.7. The quantitative estimate of drug-likeness (QED) is 0.820. The monoisotopic (exact) mass is 240 g/mol. The second kappa shape index (κ2) is 5.85. The Labute approximate surface area is 106 Å². The third kappa shape index (κ3) is 3.01. The van der Waals surface area contributed by atoms with E-state index in [2.05, 4.69) is 20.8 Å². The molecule has 1 aliphatic carbocycles. The van der Waals surface area contributed by atoms with E-state index in [0.717, 1.165) is 38.1 Å². The van der Waals surface area contributed by atoms with E-state index in [4.69, 9.17) is 5.73 Å².